The van der Waals surface area contributed by atoms with Crippen LogP contribution in [0.25, 0.3) is 22.3 Å². The molecule has 0 aliphatic heterocycles. The second-order valence-electron chi connectivity index (χ2n) is 5.35. The number of halogens is 1. The van der Waals surface area contributed by atoms with Gasteiger partial charge in [-0.25, -0.2) is 4.98 Å². The van der Waals surface area contributed by atoms with Crippen LogP contribution in [0.2, 0.25) is 5.02 Å². The van der Waals surface area contributed by atoms with Gasteiger partial charge in [0.15, 0.2) is 0 Å². The molecule has 0 spiro atoms. The summed E-state index contributed by atoms with van der Waals surface area (Å²) in [6, 6.07) is 12.8. The number of nitrogens with two attached hydrogens (primary N) is 1. The molecule has 0 bridgehead atoms. The molecule has 0 aliphatic rings. The summed E-state index contributed by atoms with van der Waals surface area (Å²) in [5, 5.41) is 0.980. The average molecular weight is 314 g/mol. The Morgan fingerprint density at radius 3 is 2.55 bits per heavy atom. The van der Waals surface area contributed by atoms with Gasteiger partial charge in [0.1, 0.15) is 5.82 Å². The zero-order valence-corrected chi connectivity index (χ0v) is 13.1. The third kappa shape index (κ3) is 2.40. The molecule has 0 aliphatic carbocycles. The van der Waals surface area contributed by atoms with E-state index in [-0.39, 0.29) is 11.6 Å². The maximum atomic E-state index is 12.7. The van der Waals surface area contributed by atoms with E-state index < -0.39 is 0 Å². The minimum Gasteiger partial charge on any atom is -0.324 e. The third-order valence-electron chi connectivity index (χ3n) is 3.70. The van der Waals surface area contributed by atoms with Crippen molar-refractivity contribution < 1.29 is 0 Å². The van der Waals surface area contributed by atoms with Crippen LogP contribution in [0.3, 0.4) is 0 Å². The number of fused-ring (bicyclic) bond motifs is 1. The molecule has 1 heterocycles. The number of hydrogen-bond donors (Lipinski definition) is 1. The van der Waals surface area contributed by atoms with E-state index in [4.69, 9.17) is 22.3 Å². The molecule has 2 aromatic carbocycles. The molecule has 4 nitrogen and oxygen atoms in total. The minimum absolute atomic E-state index is 0.131. The SMILES string of the molecule is C[C@@H](N)c1cc(Cl)cc2c(=O)n(C)c(-c3ccccc3)nc12. The van der Waals surface area contributed by atoms with Crippen LogP contribution in [0.15, 0.2) is 47.3 Å². The number of rotatable bonds is 2. The van der Waals surface area contributed by atoms with Gasteiger partial charge in [-0.3, -0.25) is 9.36 Å². The maximum Gasteiger partial charge on any atom is 0.261 e. The fourth-order valence-corrected chi connectivity index (χ4v) is 2.79. The van der Waals surface area contributed by atoms with E-state index in [1.54, 1.807) is 23.7 Å². The normalized spacial score (nSPS) is 12.5. The Labute approximate surface area is 133 Å². The minimum atomic E-state index is -0.260. The first-order chi connectivity index (χ1) is 10.5. The molecular formula is C17H16ClN3O. The van der Waals surface area contributed by atoms with Crippen LogP contribution in [-0.2, 0) is 7.05 Å². The van der Waals surface area contributed by atoms with Crippen LogP contribution >= 0.6 is 11.6 Å². The van der Waals surface area contributed by atoms with Crippen LogP contribution < -0.4 is 11.3 Å². The largest absolute Gasteiger partial charge is 0.324 e. The Morgan fingerprint density at radius 1 is 1.23 bits per heavy atom. The summed E-state index contributed by atoms with van der Waals surface area (Å²) in [5.41, 5.74) is 8.16. The van der Waals surface area contributed by atoms with Gasteiger partial charge >= 0.3 is 0 Å². The first-order valence-electron chi connectivity index (χ1n) is 7.00. The van der Waals surface area contributed by atoms with Gasteiger partial charge in [0, 0.05) is 23.7 Å². The van der Waals surface area contributed by atoms with Crippen molar-refractivity contribution >= 4 is 22.5 Å². The van der Waals surface area contributed by atoms with E-state index in [9.17, 15) is 4.79 Å². The van der Waals surface area contributed by atoms with Crippen LogP contribution in [0, 0.1) is 0 Å². The van der Waals surface area contributed by atoms with Gasteiger partial charge in [0.05, 0.1) is 10.9 Å². The van der Waals surface area contributed by atoms with Gasteiger partial charge < -0.3 is 5.73 Å². The zero-order chi connectivity index (χ0) is 15.9. The first kappa shape index (κ1) is 14.8. The van der Waals surface area contributed by atoms with Crippen LogP contribution in [0.5, 0.6) is 0 Å². The lowest BCUT2D eigenvalue weighted by Gasteiger charge is -2.14. The summed E-state index contributed by atoms with van der Waals surface area (Å²) in [6.07, 6.45) is 0. The Bertz CT molecular complexity index is 901. The highest BCUT2D eigenvalue weighted by atomic mass is 35.5. The van der Waals surface area contributed by atoms with Gasteiger partial charge in [-0.1, -0.05) is 41.9 Å². The van der Waals surface area contributed by atoms with Gasteiger partial charge in [-0.2, -0.15) is 0 Å². The zero-order valence-electron chi connectivity index (χ0n) is 12.4. The molecule has 112 valence electrons. The van der Waals surface area contributed by atoms with Gasteiger partial charge in [-0.05, 0) is 24.6 Å². The van der Waals surface area contributed by atoms with Crippen LogP contribution in [-0.4, -0.2) is 9.55 Å². The van der Waals surface area contributed by atoms with E-state index in [2.05, 4.69) is 0 Å². The molecule has 1 atom stereocenters. The molecule has 3 rings (SSSR count). The molecule has 0 amide bonds. The Balaban J connectivity index is 2.43. The van der Waals surface area contributed by atoms with E-state index in [0.717, 1.165) is 11.1 Å². The number of benzene rings is 2. The van der Waals surface area contributed by atoms with E-state index in [1.165, 1.54) is 0 Å². The van der Waals surface area contributed by atoms with E-state index in [1.807, 2.05) is 37.3 Å². The Morgan fingerprint density at radius 2 is 1.91 bits per heavy atom. The fraction of sp³-hybridized carbons (Fsp3) is 0.176. The van der Waals surface area contributed by atoms with Crippen molar-refractivity contribution in [2.75, 3.05) is 0 Å². The van der Waals surface area contributed by atoms with Gasteiger partial charge in [0.2, 0.25) is 0 Å². The van der Waals surface area contributed by atoms with Crippen molar-refractivity contribution in [1.82, 2.24) is 9.55 Å². The second kappa shape index (κ2) is 5.55. The molecule has 0 unspecified atom stereocenters. The smallest absolute Gasteiger partial charge is 0.261 e. The lowest BCUT2D eigenvalue weighted by atomic mass is 10.0. The summed E-state index contributed by atoms with van der Waals surface area (Å²) >= 11 is 6.12. The van der Waals surface area contributed by atoms with Crippen LogP contribution in [0.4, 0.5) is 0 Å². The fourth-order valence-electron chi connectivity index (χ4n) is 2.56. The molecule has 0 radical (unpaired) electrons. The summed E-state index contributed by atoms with van der Waals surface area (Å²) in [7, 11) is 1.71. The van der Waals surface area contributed by atoms with Crippen molar-refractivity contribution in [2.45, 2.75) is 13.0 Å². The number of hydrogen-bond acceptors (Lipinski definition) is 3. The summed E-state index contributed by atoms with van der Waals surface area (Å²) in [6.45, 7) is 1.85. The molecule has 0 saturated carbocycles. The van der Waals surface area contributed by atoms with Gasteiger partial charge in [0.25, 0.3) is 5.56 Å². The summed E-state index contributed by atoms with van der Waals surface area (Å²) in [4.78, 5) is 17.4. The van der Waals surface area contributed by atoms with Gasteiger partial charge in [-0.15, -0.1) is 0 Å². The van der Waals surface area contributed by atoms with Crippen molar-refractivity contribution in [3.8, 4) is 11.4 Å². The molecule has 1 aromatic heterocycles. The highest BCUT2D eigenvalue weighted by Gasteiger charge is 2.15. The third-order valence-corrected chi connectivity index (χ3v) is 3.92. The van der Waals surface area contributed by atoms with Crippen molar-refractivity contribution in [3.05, 3.63) is 63.4 Å². The number of nitrogens with zero attached hydrogens (tertiary/aromatic N) is 2. The lowest BCUT2D eigenvalue weighted by molar-refractivity contribution is 0.815. The Hall–Kier alpha value is -2.17. The molecule has 0 fully saturated rings. The molecule has 22 heavy (non-hydrogen) atoms. The van der Waals surface area contributed by atoms with Crippen LogP contribution in [0.1, 0.15) is 18.5 Å². The summed E-state index contributed by atoms with van der Waals surface area (Å²) in [5.74, 6) is 0.613. The predicted molar refractivity (Wildman–Crippen MR) is 90.0 cm³/mol. The number of aromatic nitrogens is 2. The molecule has 3 aromatic rings. The molecular weight excluding hydrogens is 298 g/mol. The average Bonchev–Trinajstić information content (AvgIpc) is 2.51. The highest BCUT2D eigenvalue weighted by molar-refractivity contribution is 6.31. The second-order valence-corrected chi connectivity index (χ2v) is 5.78. The Kier molecular flexibility index (Phi) is 3.72. The topological polar surface area (TPSA) is 60.9 Å². The first-order valence-corrected chi connectivity index (χ1v) is 7.38. The maximum absolute atomic E-state index is 12.7. The standard InChI is InChI=1S/C17H16ClN3O/c1-10(19)13-8-12(18)9-14-15(13)20-16(21(2)17(14)22)11-6-4-3-5-7-11/h3-10H,19H2,1-2H3/t10-/m1/s1. The summed E-state index contributed by atoms with van der Waals surface area (Å²) < 4.78 is 1.54. The highest BCUT2D eigenvalue weighted by Crippen LogP contribution is 2.26. The van der Waals surface area contributed by atoms with Crippen molar-refractivity contribution in [1.29, 1.82) is 0 Å². The lowest BCUT2D eigenvalue weighted by Crippen LogP contribution is -2.21. The van der Waals surface area contributed by atoms with E-state index >= 15 is 0 Å². The molecule has 0 saturated heterocycles. The molecule has 5 heteroatoms. The molecule has 2 N–H and O–H groups in total. The van der Waals surface area contributed by atoms with Crippen molar-refractivity contribution in [2.24, 2.45) is 12.8 Å². The van der Waals surface area contributed by atoms with Crippen molar-refractivity contribution in [3.63, 3.8) is 0 Å². The van der Waals surface area contributed by atoms with E-state index in [0.29, 0.717) is 21.7 Å². The predicted octanol–water partition coefficient (Wildman–Crippen LogP) is 3.27. The monoisotopic (exact) mass is 313 g/mol. The quantitative estimate of drug-likeness (QED) is 0.790.